The Labute approximate surface area is 155 Å². The van der Waals surface area contributed by atoms with E-state index in [1.807, 2.05) is 41.0 Å². The van der Waals surface area contributed by atoms with Gasteiger partial charge in [-0.15, -0.1) is 0 Å². The molecule has 2 aliphatic rings. The summed E-state index contributed by atoms with van der Waals surface area (Å²) in [7, 11) is 0. The predicted octanol–water partition coefficient (Wildman–Crippen LogP) is 1.86. The van der Waals surface area contributed by atoms with Gasteiger partial charge in [0.1, 0.15) is 5.75 Å². The van der Waals surface area contributed by atoms with E-state index in [0.717, 1.165) is 57.7 Å². The lowest BCUT2D eigenvalue weighted by Crippen LogP contribution is -2.41. The molecule has 0 bridgehead atoms. The monoisotopic (exact) mass is 359 g/mol. The maximum absolute atomic E-state index is 12.8. The quantitative estimate of drug-likeness (QED) is 0.805. The van der Waals surface area contributed by atoms with E-state index in [2.05, 4.69) is 4.90 Å². The van der Waals surface area contributed by atoms with Crippen molar-refractivity contribution in [2.75, 3.05) is 52.4 Å². The standard InChI is InChI=1S/C20H29N3O3/c1-2-26-18-8-5-7-17(15-18)20(25)23-12-6-9-21(13-14-23)16-19(24)22-10-3-4-11-22/h5,7-8,15H,2-4,6,9-14,16H2,1H3. The lowest BCUT2D eigenvalue weighted by Gasteiger charge is -2.24. The van der Waals surface area contributed by atoms with E-state index in [-0.39, 0.29) is 11.8 Å². The molecule has 2 fully saturated rings. The Balaban J connectivity index is 1.55. The molecule has 0 saturated carbocycles. The summed E-state index contributed by atoms with van der Waals surface area (Å²) in [5.41, 5.74) is 0.664. The topological polar surface area (TPSA) is 53.1 Å². The highest BCUT2D eigenvalue weighted by molar-refractivity contribution is 5.94. The van der Waals surface area contributed by atoms with Gasteiger partial charge in [0, 0.05) is 44.8 Å². The van der Waals surface area contributed by atoms with E-state index < -0.39 is 0 Å². The number of hydrogen-bond donors (Lipinski definition) is 0. The van der Waals surface area contributed by atoms with Crippen molar-refractivity contribution < 1.29 is 14.3 Å². The number of benzene rings is 1. The molecule has 2 amide bonds. The lowest BCUT2D eigenvalue weighted by molar-refractivity contribution is -0.131. The fourth-order valence-electron chi connectivity index (χ4n) is 3.66. The number of amides is 2. The predicted molar refractivity (Wildman–Crippen MR) is 100 cm³/mol. The zero-order chi connectivity index (χ0) is 18.4. The lowest BCUT2D eigenvalue weighted by atomic mass is 10.2. The van der Waals surface area contributed by atoms with E-state index in [9.17, 15) is 9.59 Å². The van der Waals surface area contributed by atoms with Crippen LogP contribution in [0.25, 0.3) is 0 Å². The van der Waals surface area contributed by atoms with Crippen LogP contribution in [0.2, 0.25) is 0 Å². The van der Waals surface area contributed by atoms with Crippen LogP contribution in [0.4, 0.5) is 0 Å². The molecule has 0 N–H and O–H groups in total. The van der Waals surface area contributed by atoms with Gasteiger partial charge in [-0.25, -0.2) is 0 Å². The molecule has 0 aromatic heterocycles. The van der Waals surface area contributed by atoms with Gasteiger partial charge < -0.3 is 14.5 Å². The van der Waals surface area contributed by atoms with E-state index in [1.54, 1.807) is 0 Å². The van der Waals surface area contributed by atoms with Gasteiger partial charge in [0.25, 0.3) is 5.91 Å². The smallest absolute Gasteiger partial charge is 0.254 e. The van der Waals surface area contributed by atoms with Crippen LogP contribution < -0.4 is 4.74 Å². The van der Waals surface area contributed by atoms with Crippen molar-refractivity contribution in [1.82, 2.24) is 14.7 Å². The van der Waals surface area contributed by atoms with Gasteiger partial charge in [0.15, 0.2) is 0 Å². The SMILES string of the molecule is CCOc1cccc(C(=O)N2CCCN(CC(=O)N3CCCC3)CC2)c1. The Morgan fingerprint density at radius 2 is 1.73 bits per heavy atom. The van der Waals surface area contributed by atoms with Gasteiger partial charge in [-0.2, -0.15) is 0 Å². The van der Waals surface area contributed by atoms with Crippen LogP contribution in [0.1, 0.15) is 36.5 Å². The third-order valence-corrected chi connectivity index (χ3v) is 5.09. The molecule has 3 rings (SSSR count). The summed E-state index contributed by atoms with van der Waals surface area (Å²) in [5.74, 6) is 0.997. The van der Waals surface area contributed by atoms with Crippen LogP contribution >= 0.6 is 0 Å². The van der Waals surface area contributed by atoms with Gasteiger partial charge in [-0.3, -0.25) is 14.5 Å². The first-order chi connectivity index (χ1) is 12.7. The highest BCUT2D eigenvalue weighted by atomic mass is 16.5. The number of ether oxygens (including phenoxy) is 1. The number of nitrogens with zero attached hydrogens (tertiary/aromatic N) is 3. The first-order valence-electron chi connectivity index (χ1n) is 9.69. The van der Waals surface area contributed by atoms with Gasteiger partial charge in [-0.1, -0.05) is 6.07 Å². The largest absolute Gasteiger partial charge is 0.494 e. The third-order valence-electron chi connectivity index (χ3n) is 5.09. The molecule has 26 heavy (non-hydrogen) atoms. The first-order valence-corrected chi connectivity index (χ1v) is 9.69. The number of carbonyl (C=O) groups excluding carboxylic acids is 2. The molecular formula is C20H29N3O3. The summed E-state index contributed by atoms with van der Waals surface area (Å²) in [6.07, 6.45) is 3.13. The van der Waals surface area contributed by atoms with Crippen molar-refractivity contribution in [3.8, 4) is 5.75 Å². The molecule has 2 heterocycles. The molecule has 142 valence electrons. The number of rotatable bonds is 5. The van der Waals surface area contributed by atoms with Crippen LogP contribution in [0.15, 0.2) is 24.3 Å². The normalized spacial score (nSPS) is 18.7. The fourth-order valence-corrected chi connectivity index (χ4v) is 3.66. The Morgan fingerprint density at radius 1 is 0.962 bits per heavy atom. The van der Waals surface area contributed by atoms with E-state index in [1.165, 1.54) is 0 Å². The second kappa shape index (κ2) is 9.03. The van der Waals surface area contributed by atoms with Gasteiger partial charge in [0.05, 0.1) is 13.2 Å². The summed E-state index contributed by atoms with van der Waals surface area (Å²) < 4.78 is 5.50. The highest BCUT2D eigenvalue weighted by Gasteiger charge is 2.24. The van der Waals surface area contributed by atoms with E-state index in [0.29, 0.717) is 25.3 Å². The summed E-state index contributed by atoms with van der Waals surface area (Å²) in [5, 5.41) is 0. The maximum Gasteiger partial charge on any atom is 0.254 e. The Kier molecular flexibility index (Phi) is 6.50. The van der Waals surface area contributed by atoms with Crippen LogP contribution in [0, 0.1) is 0 Å². The molecule has 0 atom stereocenters. The summed E-state index contributed by atoms with van der Waals surface area (Å²) in [6.45, 7) is 7.78. The summed E-state index contributed by atoms with van der Waals surface area (Å²) >= 11 is 0. The van der Waals surface area contributed by atoms with Crippen molar-refractivity contribution in [2.45, 2.75) is 26.2 Å². The number of hydrogen-bond acceptors (Lipinski definition) is 4. The second-order valence-corrected chi connectivity index (χ2v) is 6.97. The molecule has 0 spiro atoms. The van der Waals surface area contributed by atoms with Crippen molar-refractivity contribution in [2.24, 2.45) is 0 Å². The average Bonchev–Trinajstić information content (AvgIpc) is 3.09. The minimum Gasteiger partial charge on any atom is -0.494 e. The molecule has 2 saturated heterocycles. The molecule has 0 radical (unpaired) electrons. The number of likely N-dealkylation sites (tertiary alicyclic amines) is 1. The molecule has 6 nitrogen and oxygen atoms in total. The van der Waals surface area contributed by atoms with Crippen LogP contribution in [-0.2, 0) is 4.79 Å². The number of carbonyl (C=O) groups is 2. The molecule has 6 heteroatoms. The summed E-state index contributed by atoms with van der Waals surface area (Å²) in [4.78, 5) is 31.2. The maximum atomic E-state index is 12.8. The third kappa shape index (κ3) is 4.75. The minimum atomic E-state index is 0.0410. The van der Waals surface area contributed by atoms with Crippen molar-refractivity contribution >= 4 is 11.8 Å². The average molecular weight is 359 g/mol. The Morgan fingerprint density at radius 3 is 2.50 bits per heavy atom. The van der Waals surface area contributed by atoms with Crippen molar-refractivity contribution in [3.05, 3.63) is 29.8 Å². The van der Waals surface area contributed by atoms with Crippen LogP contribution in [0.3, 0.4) is 0 Å². The van der Waals surface area contributed by atoms with Gasteiger partial charge >= 0.3 is 0 Å². The molecular weight excluding hydrogens is 330 g/mol. The highest BCUT2D eigenvalue weighted by Crippen LogP contribution is 2.16. The molecule has 0 unspecified atom stereocenters. The Bertz CT molecular complexity index is 628. The van der Waals surface area contributed by atoms with Crippen LogP contribution in [0.5, 0.6) is 5.75 Å². The van der Waals surface area contributed by atoms with Gasteiger partial charge in [0.2, 0.25) is 5.91 Å². The molecule has 1 aromatic rings. The minimum absolute atomic E-state index is 0.0410. The van der Waals surface area contributed by atoms with Crippen LogP contribution in [-0.4, -0.2) is 78.9 Å². The zero-order valence-electron chi connectivity index (χ0n) is 15.7. The van der Waals surface area contributed by atoms with Gasteiger partial charge in [-0.05, 0) is 44.4 Å². The molecule has 0 aliphatic carbocycles. The van der Waals surface area contributed by atoms with Crippen molar-refractivity contribution in [3.63, 3.8) is 0 Å². The Hall–Kier alpha value is -2.08. The summed E-state index contributed by atoms with van der Waals surface area (Å²) in [6, 6.07) is 7.38. The van der Waals surface area contributed by atoms with Crippen molar-refractivity contribution in [1.29, 1.82) is 0 Å². The fraction of sp³-hybridized carbons (Fsp3) is 0.600. The zero-order valence-corrected chi connectivity index (χ0v) is 15.7. The van der Waals surface area contributed by atoms with E-state index >= 15 is 0 Å². The molecule has 1 aromatic carbocycles. The first kappa shape index (κ1) is 18.7. The second-order valence-electron chi connectivity index (χ2n) is 6.97. The van der Waals surface area contributed by atoms with E-state index in [4.69, 9.17) is 4.74 Å². The molecule has 2 aliphatic heterocycles.